The van der Waals surface area contributed by atoms with Gasteiger partial charge in [-0.2, -0.15) is 0 Å². The highest BCUT2D eigenvalue weighted by molar-refractivity contribution is 6.32. The molecule has 0 aliphatic heterocycles. The van der Waals surface area contributed by atoms with Gasteiger partial charge < -0.3 is 10.5 Å². The van der Waals surface area contributed by atoms with Gasteiger partial charge in [0.05, 0.1) is 5.02 Å². The molecule has 0 saturated carbocycles. The van der Waals surface area contributed by atoms with Crippen LogP contribution in [0.1, 0.15) is 18.1 Å². The molecule has 2 N–H and O–H groups in total. The van der Waals surface area contributed by atoms with E-state index in [-0.39, 0.29) is 18.5 Å². The molecule has 2 aromatic carbocycles. The minimum Gasteiger partial charge on any atom is -0.487 e. The topological polar surface area (TPSA) is 35.2 Å². The number of benzene rings is 2. The Balaban J connectivity index is 2.16. The predicted octanol–water partition coefficient (Wildman–Crippen LogP) is 3.95. The molecular weight excluding hydrogens is 277 g/mol. The van der Waals surface area contributed by atoms with Crippen LogP contribution in [0.4, 0.5) is 4.39 Å². The molecule has 0 spiro atoms. The Morgan fingerprint density at radius 1 is 1.25 bits per heavy atom. The summed E-state index contributed by atoms with van der Waals surface area (Å²) < 4.78 is 18.9. The van der Waals surface area contributed by atoms with Crippen LogP contribution in [-0.2, 0) is 13.0 Å². The first-order valence-electron chi connectivity index (χ1n) is 6.46. The van der Waals surface area contributed by atoms with Gasteiger partial charge in [0, 0.05) is 6.04 Å². The van der Waals surface area contributed by atoms with E-state index in [4.69, 9.17) is 22.1 Å². The van der Waals surface area contributed by atoms with Gasteiger partial charge in [0.1, 0.15) is 18.2 Å². The van der Waals surface area contributed by atoms with Crippen molar-refractivity contribution in [2.75, 3.05) is 0 Å². The van der Waals surface area contributed by atoms with Crippen molar-refractivity contribution < 1.29 is 9.13 Å². The molecule has 4 heteroatoms. The molecule has 106 valence electrons. The molecule has 0 aliphatic carbocycles. The molecule has 0 saturated heterocycles. The highest BCUT2D eigenvalue weighted by atomic mass is 35.5. The fourth-order valence-electron chi connectivity index (χ4n) is 2.01. The van der Waals surface area contributed by atoms with Crippen molar-refractivity contribution in [2.24, 2.45) is 5.73 Å². The van der Waals surface area contributed by atoms with E-state index in [1.165, 1.54) is 12.1 Å². The standard InChI is InChI=1S/C16H17ClFNO/c1-11(19)8-13-5-3-7-15(17)16(13)20-10-12-4-2-6-14(18)9-12/h2-7,9,11H,8,10,19H2,1H3. The predicted molar refractivity (Wildman–Crippen MR) is 79.5 cm³/mol. The first kappa shape index (κ1) is 14.8. The molecule has 0 bridgehead atoms. The molecule has 1 unspecified atom stereocenters. The molecule has 0 heterocycles. The Kier molecular flexibility index (Phi) is 4.99. The summed E-state index contributed by atoms with van der Waals surface area (Å²) in [5, 5.41) is 0.541. The second-order valence-corrected chi connectivity index (χ2v) is 5.24. The van der Waals surface area contributed by atoms with E-state index >= 15 is 0 Å². The monoisotopic (exact) mass is 293 g/mol. The summed E-state index contributed by atoms with van der Waals surface area (Å²) >= 11 is 6.17. The van der Waals surface area contributed by atoms with Gasteiger partial charge in [-0.1, -0.05) is 35.9 Å². The quantitative estimate of drug-likeness (QED) is 0.906. The van der Waals surface area contributed by atoms with Crippen molar-refractivity contribution in [1.29, 1.82) is 0 Å². The maximum Gasteiger partial charge on any atom is 0.141 e. The lowest BCUT2D eigenvalue weighted by molar-refractivity contribution is 0.302. The SMILES string of the molecule is CC(N)Cc1cccc(Cl)c1OCc1cccc(F)c1. The average Bonchev–Trinajstić information content (AvgIpc) is 2.37. The van der Waals surface area contributed by atoms with Crippen molar-refractivity contribution in [3.05, 3.63) is 64.4 Å². The molecular formula is C16H17ClFNO. The van der Waals surface area contributed by atoms with Crippen LogP contribution in [-0.4, -0.2) is 6.04 Å². The van der Waals surface area contributed by atoms with Crippen LogP contribution in [0.3, 0.4) is 0 Å². The second-order valence-electron chi connectivity index (χ2n) is 4.83. The third kappa shape index (κ3) is 3.95. The molecule has 0 radical (unpaired) electrons. The van der Waals surface area contributed by atoms with E-state index in [9.17, 15) is 4.39 Å². The molecule has 2 aromatic rings. The summed E-state index contributed by atoms with van der Waals surface area (Å²) in [7, 11) is 0. The van der Waals surface area contributed by atoms with Crippen LogP contribution >= 0.6 is 11.6 Å². The van der Waals surface area contributed by atoms with Crippen molar-refractivity contribution in [1.82, 2.24) is 0 Å². The summed E-state index contributed by atoms with van der Waals surface area (Å²) in [6, 6.07) is 11.9. The molecule has 0 fully saturated rings. The number of ether oxygens (including phenoxy) is 1. The molecule has 0 aromatic heterocycles. The lowest BCUT2D eigenvalue weighted by atomic mass is 10.1. The molecule has 20 heavy (non-hydrogen) atoms. The van der Waals surface area contributed by atoms with E-state index in [0.29, 0.717) is 17.2 Å². The Morgan fingerprint density at radius 2 is 2.00 bits per heavy atom. The Hall–Kier alpha value is -1.58. The van der Waals surface area contributed by atoms with Gasteiger partial charge in [0.2, 0.25) is 0 Å². The van der Waals surface area contributed by atoms with Crippen molar-refractivity contribution in [3.63, 3.8) is 0 Å². The summed E-state index contributed by atoms with van der Waals surface area (Å²) in [5.74, 6) is 0.344. The van der Waals surface area contributed by atoms with Gasteiger partial charge in [0.15, 0.2) is 0 Å². The van der Waals surface area contributed by atoms with Crippen LogP contribution in [0.25, 0.3) is 0 Å². The smallest absolute Gasteiger partial charge is 0.141 e. The summed E-state index contributed by atoms with van der Waals surface area (Å²) in [5.41, 5.74) is 7.55. The van der Waals surface area contributed by atoms with Crippen LogP contribution in [0.15, 0.2) is 42.5 Å². The molecule has 2 nitrogen and oxygen atoms in total. The minimum absolute atomic E-state index is 0.0185. The molecule has 2 rings (SSSR count). The Labute approximate surface area is 123 Å². The fraction of sp³-hybridized carbons (Fsp3) is 0.250. The zero-order chi connectivity index (χ0) is 14.5. The van der Waals surface area contributed by atoms with E-state index < -0.39 is 0 Å². The van der Waals surface area contributed by atoms with Crippen molar-refractivity contribution in [3.8, 4) is 5.75 Å². The summed E-state index contributed by atoms with van der Waals surface area (Å²) in [6.07, 6.45) is 0.680. The van der Waals surface area contributed by atoms with Crippen molar-refractivity contribution in [2.45, 2.75) is 26.0 Å². The minimum atomic E-state index is -0.277. The lowest BCUT2D eigenvalue weighted by Gasteiger charge is -2.14. The maximum absolute atomic E-state index is 13.1. The Morgan fingerprint density at radius 3 is 2.70 bits per heavy atom. The first-order chi connectivity index (χ1) is 9.56. The van der Waals surface area contributed by atoms with E-state index in [1.807, 2.05) is 25.1 Å². The zero-order valence-electron chi connectivity index (χ0n) is 11.3. The van der Waals surface area contributed by atoms with Crippen LogP contribution in [0.5, 0.6) is 5.75 Å². The van der Waals surface area contributed by atoms with Gasteiger partial charge in [0.25, 0.3) is 0 Å². The first-order valence-corrected chi connectivity index (χ1v) is 6.84. The van der Waals surface area contributed by atoms with E-state index in [2.05, 4.69) is 0 Å². The van der Waals surface area contributed by atoms with E-state index in [1.54, 1.807) is 12.1 Å². The maximum atomic E-state index is 13.1. The summed E-state index contributed by atoms with van der Waals surface area (Å²) in [6.45, 7) is 2.20. The zero-order valence-corrected chi connectivity index (χ0v) is 12.0. The largest absolute Gasteiger partial charge is 0.487 e. The van der Waals surface area contributed by atoms with Crippen molar-refractivity contribution >= 4 is 11.6 Å². The summed E-state index contributed by atoms with van der Waals surface area (Å²) in [4.78, 5) is 0. The van der Waals surface area contributed by atoms with Gasteiger partial charge in [-0.3, -0.25) is 0 Å². The fourth-order valence-corrected chi connectivity index (χ4v) is 2.25. The highest BCUT2D eigenvalue weighted by Crippen LogP contribution is 2.30. The van der Waals surface area contributed by atoms with Crippen LogP contribution in [0, 0.1) is 5.82 Å². The second kappa shape index (κ2) is 6.73. The lowest BCUT2D eigenvalue weighted by Crippen LogP contribution is -2.18. The number of para-hydroxylation sites is 1. The molecule has 0 amide bonds. The highest BCUT2D eigenvalue weighted by Gasteiger charge is 2.10. The van der Waals surface area contributed by atoms with Crippen LogP contribution < -0.4 is 10.5 Å². The van der Waals surface area contributed by atoms with Gasteiger partial charge in [-0.05, 0) is 42.7 Å². The normalized spacial score (nSPS) is 12.2. The molecule has 1 atom stereocenters. The van der Waals surface area contributed by atoms with Gasteiger partial charge >= 0.3 is 0 Å². The number of halogens is 2. The number of hydrogen-bond donors (Lipinski definition) is 1. The van der Waals surface area contributed by atoms with Gasteiger partial charge in [-0.25, -0.2) is 4.39 Å². The van der Waals surface area contributed by atoms with Crippen LogP contribution in [0.2, 0.25) is 5.02 Å². The van der Waals surface area contributed by atoms with Gasteiger partial charge in [-0.15, -0.1) is 0 Å². The Bertz CT molecular complexity index is 586. The number of rotatable bonds is 5. The molecule has 0 aliphatic rings. The third-order valence-electron chi connectivity index (χ3n) is 2.86. The van der Waals surface area contributed by atoms with E-state index in [0.717, 1.165) is 11.1 Å². The number of nitrogens with two attached hydrogens (primary N) is 1. The average molecular weight is 294 g/mol. The third-order valence-corrected chi connectivity index (χ3v) is 3.16. The number of hydrogen-bond acceptors (Lipinski definition) is 2.